The van der Waals surface area contributed by atoms with Crippen molar-refractivity contribution in [1.82, 2.24) is 0 Å². The molecule has 0 aliphatic carbocycles. The number of carboxylic acids is 1. The molecule has 0 heterocycles. The van der Waals surface area contributed by atoms with Crippen molar-refractivity contribution in [2.75, 3.05) is 0 Å². The number of carboxylic acid groups (broad SMARTS) is 1. The summed E-state index contributed by atoms with van der Waals surface area (Å²) in [7, 11) is 0. The zero-order valence-electron chi connectivity index (χ0n) is 7.58. The van der Waals surface area contributed by atoms with E-state index < -0.39 is 11.8 Å². The zero-order valence-corrected chi connectivity index (χ0v) is 7.58. The van der Waals surface area contributed by atoms with E-state index in [4.69, 9.17) is 5.11 Å². The van der Waals surface area contributed by atoms with Crippen molar-refractivity contribution in [3.05, 3.63) is 35.1 Å². The van der Waals surface area contributed by atoms with Crippen molar-refractivity contribution in [3.8, 4) is 0 Å². The molecule has 0 saturated heterocycles. The summed E-state index contributed by atoms with van der Waals surface area (Å²) < 4.78 is 12.8. The number of aliphatic carboxylic acids is 1. The minimum Gasteiger partial charge on any atom is -0.481 e. The molecule has 14 heavy (non-hydrogen) atoms. The Morgan fingerprint density at radius 2 is 2.07 bits per heavy atom. The van der Waals surface area contributed by atoms with E-state index in [2.05, 4.69) is 0 Å². The van der Waals surface area contributed by atoms with E-state index >= 15 is 0 Å². The second-order valence-corrected chi connectivity index (χ2v) is 2.93. The number of ketones is 1. The highest BCUT2D eigenvalue weighted by atomic mass is 19.1. The van der Waals surface area contributed by atoms with Crippen molar-refractivity contribution in [2.24, 2.45) is 0 Å². The van der Waals surface area contributed by atoms with Gasteiger partial charge in [-0.3, -0.25) is 9.59 Å². The Balaban J connectivity index is 3.15. The van der Waals surface area contributed by atoms with Gasteiger partial charge in [0.1, 0.15) is 5.82 Å². The maximum atomic E-state index is 12.8. The molecule has 0 radical (unpaired) electrons. The van der Waals surface area contributed by atoms with Gasteiger partial charge in [-0.05, 0) is 30.7 Å². The molecule has 0 aromatic heterocycles. The second-order valence-electron chi connectivity index (χ2n) is 2.93. The Morgan fingerprint density at radius 1 is 1.43 bits per heavy atom. The van der Waals surface area contributed by atoms with E-state index in [1.54, 1.807) is 0 Å². The Morgan fingerprint density at radius 3 is 2.57 bits per heavy atom. The molecule has 0 saturated carbocycles. The van der Waals surface area contributed by atoms with Crippen LogP contribution in [0.5, 0.6) is 0 Å². The summed E-state index contributed by atoms with van der Waals surface area (Å²) in [5.41, 5.74) is 0.471. The molecule has 0 spiro atoms. The van der Waals surface area contributed by atoms with Gasteiger partial charge in [-0.15, -0.1) is 0 Å². The first-order valence-corrected chi connectivity index (χ1v) is 4.02. The normalized spacial score (nSPS) is 9.86. The van der Waals surface area contributed by atoms with Gasteiger partial charge in [0.15, 0.2) is 5.78 Å². The molecule has 1 N–H and O–H groups in total. The van der Waals surface area contributed by atoms with Gasteiger partial charge in [0, 0.05) is 5.56 Å². The monoisotopic (exact) mass is 196 g/mol. The number of hydrogen-bond donors (Lipinski definition) is 1. The van der Waals surface area contributed by atoms with Crippen molar-refractivity contribution >= 4 is 11.8 Å². The Labute approximate surface area is 80.2 Å². The van der Waals surface area contributed by atoms with E-state index in [1.807, 2.05) is 0 Å². The third-order valence-corrected chi connectivity index (χ3v) is 1.79. The zero-order chi connectivity index (χ0) is 10.7. The van der Waals surface area contributed by atoms with E-state index in [0.29, 0.717) is 0 Å². The molecule has 0 aliphatic heterocycles. The molecular formula is C10H9FO3. The predicted molar refractivity (Wildman–Crippen MR) is 47.7 cm³/mol. The van der Waals surface area contributed by atoms with Crippen LogP contribution in [0.15, 0.2) is 18.2 Å². The van der Waals surface area contributed by atoms with Gasteiger partial charge >= 0.3 is 5.97 Å². The fourth-order valence-corrected chi connectivity index (χ4v) is 1.21. The summed E-state index contributed by atoms with van der Waals surface area (Å²) in [6.07, 6.45) is -0.341. The molecular weight excluding hydrogens is 187 g/mol. The maximum absolute atomic E-state index is 12.8. The molecule has 1 aromatic carbocycles. The summed E-state index contributed by atoms with van der Waals surface area (Å²) in [5.74, 6) is -1.88. The average molecular weight is 196 g/mol. The molecule has 0 atom stereocenters. The molecule has 0 aliphatic rings. The highest BCUT2D eigenvalue weighted by Crippen LogP contribution is 2.12. The van der Waals surface area contributed by atoms with Gasteiger partial charge in [-0.2, -0.15) is 0 Å². The van der Waals surface area contributed by atoms with E-state index in [0.717, 1.165) is 12.1 Å². The Hall–Kier alpha value is -1.71. The lowest BCUT2D eigenvalue weighted by molar-refractivity contribution is -0.136. The minimum absolute atomic E-state index is 0.213. The van der Waals surface area contributed by atoms with Crippen LogP contribution in [0, 0.1) is 5.82 Å². The van der Waals surface area contributed by atoms with Crippen LogP contribution in [0.1, 0.15) is 22.8 Å². The topological polar surface area (TPSA) is 54.4 Å². The van der Waals surface area contributed by atoms with Crippen LogP contribution in [0.25, 0.3) is 0 Å². The van der Waals surface area contributed by atoms with Crippen LogP contribution in [-0.2, 0) is 11.2 Å². The van der Waals surface area contributed by atoms with E-state index in [9.17, 15) is 14.0 Å². The Kier molecular flexibility index (Phi) is 2.96. The molecule has 4 heteroatoms. The first-order chi connectivity index (χ1) is 6.50. The predicted octanol–water partition coefficient (Wildman–Crippen LogP) is 1.66. The summed E-state index contributed by atoms with van der Waals surface area (Å²) >= 11 is 0. The highest BCUT2D eigenvalue weighted by Gasteiger charge is 2.11. The fraction of sp³-hybridized carbons (Fsp3) is 0.200. The molecule has 3 nitrogen and oxygen atoms in total. The van der Waals surface area contributed by atoms with E-state index in [1.165, 1.54) is 13.0 Å². The molecule has 0 unspecified atom stereocenters. The van der Waals surface area contributed by atoms with Gasteiger partial charge in [-0.1, -0.05) is 0 Å². The van der Waals surface area contributed by atoms with Gasteiger partial charge in [0.25, 0.3) is 0 Å². The van der Waals surface area contributed by atoms with Crippen molar-refractivity contribution < 1.29 is 19.1 Å². The highest BCUT2D eigenvalue weighted by molar-refractivity contribution is 5.96. The number of carbonyl (C=O) groups is 2. The number of benzene rings is 1. The number of halogens is 1. The van der Waals surface area contributed by atoms with Gasteiger partial charge in [-0.25, -0.2) is 4.39 Å². The van der Waals surface area contributed by atoms with Crippen molar-refractivity contribution in [2.45, 2.75) is 13.3 Å². The SMILES string of the molecule is CC(=O)c1ccc(F)cc1CC(=O)O. The number of Topliss-reactive ketones (excluding diaryl/α,β-unsaturated/α-hetero) is 1. The lowest BCUT2D eigenvalue weighted by atomic mass is 10.0. The Bertz CT molecular complexity index is 385. The fourth-order valence-electron chi connectivity index (χ4n) is 1.21. The third kappa shape index (κ3) is 2.39. The van der Waals surface area contributed by atoms with Gasteiger partial charge < -0.3 is 5.11 Å². The number of carbonyl (C=O) groups excluding carboxylic acids is 1. The number of hydrogen-bond acceptors (Lipinski definition) is 2. The van der Waals surface area contributed by atoms with Crippen LogP contribution in [0.2, 0.25) is 0 Å². The third-order valence-electron chi connectivity index (χ3n) is 1.79. The molecule has 0 amide bonds. The van der Waals surface area contributed by atoms with Gasteiger partial charge in [0.2, 0.25) is 0 Å². The lowest BCUT2D eigenvalue weighted by Crippen LogP contribution is -2.06. The van der Waals surface area contributed by atoms with Gasteiger partial charge in [0.05, 0.1) is 6.42 Å². The van der Waals surface area contributed by atoms with Crippen LogP contribution >= 0.6 is 0 Å². The van der Waals surface area contributed by atoms with Crippen molar-refractivity contribution in [1.29, 1.82) is 0 Å². The molecule has 1 rings (SSSR count). The largest absolute Gasteiger partial charge is 0.481 e. The first-order valence-electron chi connectivity index (χ1n) is 4.02. The molecule has 0 fully saturated rings. The molecule has 1 aromatic rings. The summed E-state index contributed by atoms with van der Waals surface area (Å²) in [5, 5.41) is 8.53. The van der Waals surface area contributed by atoms with Crippen LogP contribution in [-0.4, -0.2) is 16.9 Å². The number of rotatable bonds is 3. The average Bonchev–Trinajstić information content (AvgIpc) is 2.01. The summed E-state index contributed by atoms with van der Waals surface area (Å²) in [6, 6.07) is 3.52. The van der Waals surface area contributed by atoms with Crippen molar-refractivity contribution in [3.63, 3.8) is 0 Å². The first kappa shape index (κ1) is 10.4. The summed E-state index contributed by atoms with van der Waals surface area (Å²) in [6.45, 7) is 1.32. The second kappa shape index (κ2) is 4.00. The van der Waals surface area contributed by atoms with E-state index in [-0.39, 0.29) is 23.3 Å². The van der Waals surface area contributed by atoms with Crippen LogP contribution < -0.4 is 0 Å². The maximum Gasteiger partial charge on any atom is 0.307 e. The smallest absolute Gasteiger partial charge is 0.307 e. The van der Waals surface area contributed by atoms with Crippen LogP contribution in [0.4, 0.5) is 4.39 Å². The lowest BCUT2D eigenvalue weighted by Gasteiger charge is -2.03. The summed E-state index contributed by atoms with van der Waals surface area (Å²) in [4.78, 5) is 21.5. The van der Waals surface area contributed by atoms with Crippen LogP contribution in [0.3, 0.4) is 0 Å². The minimum atomic E-state index is -1.09. The quantitative estimate of drug-likeness (QED) is 0.748. The molecule has 0 bridgehead atoms. The standard InChI is InChI=1S/C10H9FO3/c1-6(12)9-3-2-8(11)4-7(9)5-10(13)14/h2-4H,5H2,1H3,(H,13,14). The molecule has 74 valence electrons.